The molecular weight excluding hydrogens is 474 g/mol. The van der Waals surface area contributed by atoms with Crippen molar-refractivity contribution in [2.75, 3.05) is 5.88 Å². The Morgan fingerprint density at radius 3 is 2.36 bits per heavy atom. The number of aliphatic hydroxyl groups is 1. The molecule has 1 heterocycles. The van der Waals surface area contributed by atoms with E-state index in [1.54, 1.807) is 13.8 Å². The first-order chi connectivity index (χ1) is 17.0. The van der Waals surface area contributed by atoms with Crippen molar-refractivity contribution in [3.63, 3.8) is 0 Å². The first kappa shape index (κ1) is 27.7. The monoisotopic (exact) mass is 511 g/mol. The van der Waals surface area contributed by atoms with E-state index in [1.807, 2.05) is 75.4 Å². The van der Waals surface area contributed by atoms with Gasteiger partial charge in [-0.3, -0.25) is 14.4 Å². The summed E-state index contributed by atoms with van der Waals surface area (Å²) in [7, 11) is 0. The highest BCUT2D eigenvalue weighted by molar-refractivity contribution is 8.00. The molecule has 1 saturated heterocycles. The number of benzene rings is 2. The van der Waals surface area contributed by atoms with Gasteiger partial charge in [-0.05, 0) is 43.9 Å². The summed E-state index contributed by atoms with van der Waals surface area (Å²) >= 11 is 1.49. The van der Waals surface area contributed by atoms with Crippen LogP contribution in [-0.4, -0.2) is 56.5 Å². The van der Waals surface area contributed by atoms with Crippen molar-refractivity contribution in [1.82, 2.24) is 15.5 Å². The number of carbonyl (C=O) groups excluding carboxylic acids is 3. The van der Waals surface area contributed by atoms with E-state index >= 15 is 0 Å². The molecule has 36 heavy (non-hydrogen) atoms. The van der Waals surface area contributed by atoms with E-state index in [0.29, 0.717) is 13.0 Å². The van der Waals surface area contributed by atoms with E-state index in [4.69, 9.17) is 0 Å². The van der Waals surface area contributed by atoms with Gasteiger partial charge in [-0.25, -0.2) is 0 Å². The maximum atomic E-state index is 13.6. The van der Waals surface area contributed by atoms with Gasteiger partial charge in [0.25, 0.3) is 5.91 Å². The number of aliphatic hydroxyl groups excluding tert-OH is 1. The summed E-state index contributed by atoms with van der Waals surface area (Å²) in [6.07, 6.45) is -1.20. The summed E-state index contributed by atoms with van der Waals surface area (Å²) in [5.74, 6) is -1.09. The molecule has 3 amide bonds. The molecule has 3 atom stereocenters. The predicted octanol–water partition coefficient (Wildman–Crippen LogP) is 3.04. The molecule has 0 saturated carbocycles. The summed E-state index contributed by atoms with van der Waals surface area (Å²) in [5.41, 5.74) is 2.97. The van der Waals surface area contributed by atoms with E-state index in [9.17, 15) is 19.5 Å². The SMILES string of the molecule is Cc1ccccc1CNC(=O)[C@H]1N(C(=O)[C@@H](O)C(Cc2ccccc2)NC(=O)C(C)C)CSC1(C)C. The van der Waals surface area contributed by atoms with Gasteiger partial charge in [0.05, 0.1) is 11.9 Å². The normalized spacial score (nSPS) is 18.5. The van der Waals surface area contributed by atoms with Gasteiger partial charge in [0.15, 0.2) is 6.10 Å². The third-order valence-electron chi connectivity index (χ3n) is 6.58. The number of thioether (sulfide) groups is 1. The average Bonchev–Trinajstić information content (AvgIpc) is 3.17. The highest BCUT2D eigenvalue weighted by atomic mass is 32.2. The zero-order valence-corrected chi connectivity index (χ0v) is 22.5. The summed E-state index contributed by atoms with van der Waals surface area (Å²) in [6, 6.07) is 15.7. The van der Waals surface area contributed by atoms with Gasteiger partial charge in [-0.2, -0.15) is 0 Å². The number of amides is 3. The van der Waals surface area contributed by atoms with Crippen LogP contribution in [0.2, 0.25) is 0 Å². The van der Waals surface area contributed by atoms with E-state index in [2.05, 4.69) is 10.6 Å². The van der Waals surface area contributed by atoms with Crippen LogP contribution in [0, 0.1) is 12.8 Å². The number of nitrogens with zero attached hydrogens (tertiary/aromatic N) is 1. The van der Waals surface area contributed by atoms with Gasteiger partial charge in [0.2, 0.25) is 11.8 Å². The Morgan fingerprint density at radius 1 is 1.08 bits per heavy atom. The lowest BCUT2D eigenvalue weighted by Gasteiger charge is -2.33. The lowest BCUT2D eigenvalue weighted by molar-refractivity contribution is -0.148. The minimum absolute atomic E-state index is 0.244. The Balaban J connectivity index is 1.79. The van der Waals surface area contributed by atoms with E-state index < -0.39 is 28.8 Å². The molecule has 2 aromatic carbocycles. The summed E-state index contributed by atoms with van der Waals surface area (Å²) in [4.78, 5) is 40.9. The third-order valence-corrected chi connectivity index (χ3v) is 7.95. The van der Waals surface area contributed by atoms with E-state index in [-0.39, 0.29) is 23.6 Å². The Morgan fingerprint density at radius 2 is 1.72 bits per heavy atom. The molecule has 1 unspecified atom stereocenters. The van der Waals surface area contributed by atoms with E-state index in [0.717, 1.165) is 16.7 Å². The number of carbonyl (C=O) groups is 3. The van der Waals surface area contributed by atoms with Crippen molar-refractivity contribution < 1.29 is 19.5 Å². The topological polar surface area (TPSA) is 98.7 Å². The van der Waals surface area contributed by atoms with E-state index in [1.165, 1.54) is 16.7 Å². The molecule has 1 fully saturated rings. The molecular formula is C28H37N3O4S. The molecule has 0 aromatic heterocycles. The first-order valence-electron chi connectivity index (χ1n) is 12.3. The van der Waals surface area contributed by atoms with Gasteiger partial charge >= 0.3 is 0 Å². The van der Waals surface area contributed by atoms with Crippen LogP contribution in [0.1, 0.15) is 44.4 Å². The van der Waals surface area contributed by atoms with Crippen LogP contribution in [0.5, 0.6) is 0 Å². The molecule has 0 bridgehead atoms. The molecule has 2 aromatic rings. The molecule has 7 nitrogen and oxygen atoms in total. The van der Waals surface area contributed by atoms with Crippen molar-refractivity contribution in [2.45, 2.75) is 70.5 Å². The lowest BCUT2D eigenvalue weighted by Crippen LogP contribution is -2.58. The maximum Gasteiger partial charge on any atom is 0.254 e. The fourth-order valence-corrected chi connectivity index (χ4v) is 5.44. The van der Waals surface area contributed by atoms with Crippen molar-refractivity contribution in [3.8, 4) is 0 Å². The quantitative estimate of drug-likeness (QED) is 0.481. The smallest absolute Gasteiger partial charge is 0.254 e. The number of nitrogens with one attached hydrogen (secondary N) is 2. The summed E-state index contributed by atoms with van der Waals surface area (Å²) in [5, 5.41) is 17.0. The average molecular weight is 512 g/mol. The fraction of sp³-hybridized carbons (Fsp3) is 0.464. The standard InChI is InChI=1S/C28H37N3O4S/c1-18(2)25(33)30-22(15-20-12-7-6-8-13-20)23(32)27(35)31-17-36-28(4,5)24(31)26(34)29-16-21-14-10-9-11-19(21)3/h6-14,18,22-24,32H,15-17H2,1-5H3,(H,29,34)(H,30,33)/t22?,23-,24+/m0/s1. The summed E-state index contributed by atoms with van der Waals surface area (Å²) < 4.78 is -0.540. The molecule has 3 rings (SSSR count). The van der Waals surface area contributed by atoms with Gasteiger partial charge in [0, 0.05) is 17.2 Å². The van der Waals surface area contributed by atoms with Crippen molar-refractivity contribution in [2.24, 2.45) is 5.92 Å². The Bertz CT molecular complexity index is 1070. The number of hydrogen-bond donors (Lipinski definition) is 3. The second-order valence-electron chi connectivity index (χ2n) is 10.1. The Hall–Kier alpha value is -2.84. The van der Waals surface area contributed by atoms with Crippen LogP contribution in [0.3, 0.4) is 0 Å². The van der Waals surface area contributed by atoms with Crippen LogP contribution in [0.4, 0.5) is 0 Å². The minimum Gasteiger partial charge on any atom is -0.381 e. The fourth-order valence-electron chi connectivity index (χ4n) is 4.30. The minimum atomic E-state index is -1.49. The van der Waals surface area contributed by atoms with Crippen LogP contribution >= 0.6 is 11.8 Å². The lowest BCUT2D eigenvalue weighted by atomic mass is 9.96. The molecule has 1 aliphatic heterocycles. The van der Waals surface area contributed by atoms with Gasteiger partial charge < -0.3 is 20.6 Å². The summed E-state index contributed by atoms with van der Waals surface area (Å²) in [6.45, 7) is 9.72. The first-order valence-corrected chi connectivity index (χ1v) is 13.3. The number of aryl methyl sites for hydroxylation is 1. The molecule has 3 N–H and O–H groups in total. The maximum absolute atomic E-state index is 13.6. The highest BCUT2D eigenvalue weighted by Crippen LogP contribution is 2.40. The zero-order chi connectivity index (χ0) is 26.5. The third kappa shape index (κ3) is 6.68. The zero-order valence-electron chi connectivity index (χ0n) is 21.7. The molecule has 0 aliphatic carbocycles. The van der Waals surface area contributed by atoms with Gasteiger partial charge in [-0.15, -0.1) is 11.8 Å². The predicted molar refractivity (Wildman–Crippen MR) is 143 cm³/mol. The molecule has 0 spiro atoms. The van der Waals surface area contributed by atoms with Crippen LogP contribution in [0.15, 0.2) is 54.6 Å². The number of hydrogen-bond acceptors (Lipinski definition) is 5. The molecule has 8 heteroatoms. The number of rotatable bonds is 9. The van der Waals surface area contributed by atoms with Crippen molar-refractivity contribution in [1.29, 1.82) is 0 Å². The van der Waals surface area contributed by atoms with Gasteiger partial charge in [0.1, 0.15) is 6.04 Å². The second kappa shape index (κ2) is 11.9. The van der Waals surface area contributed by atoms with Crippen LogP contribution in [-0.2, 0) is 27.3 Å². The molecule has 1 aliphatic rings. The highest BCUT2D eigenvalue weighted by Gasteiger charge is 2.49. The second-order valence-corrected chi connectivity index (χ2v) is 11.7. The largest absolute Gasteiger partial charge is 0.381 e. The van der Waals surface area contributed by atoms with Crippen LogP contribution in [0.25, 0.3) is 0 Å². The van der Waals surface area contributed by atoms with Crippen molar-refractivity contribution >= 4 is 29.5 Å². The Kier molecular flexibility index (Phi) is 9.19. The Labute approximate surface area is 218 Å². The van der Waals surface area contributed by atoms with Crippen LogP contribution < -0.4 is 10.6 Å². The van der Waals surface area contributed by atoms with Gasteiger partial charge in [-0.1, -0.05) is 68.4 Å². The van der Waals surface area contributed by atoms with Crippen molar-refractivity contribution in [3.05, 3.63) is 71.3 Å². The molecule has 0 radical (unpaired) electrons. The molecule has 194 valence electrons.